The molecule has 0 aromatic carbocycles. The fraction of sp³-hybridized carbons (Fsp3) is 0.667. The highest BCUT2D eigenvalue weighted by Gasteiger charge is 2.26. The summed E-state index contributed by atoms with van der Waals surface area (Å²) >= 11 is 1.58. The average Bonchev–Trinajstić information content (AvgIpc) is 2.86. The van der Waals surface area contributed by atoms with Crippen LogP contribution < -0.4 is 5.32 Å². The zero-order valence-corrected chi connectivity index (χ0v) is 17.4. The third kappa shape index (κ3) is 5.12. The summed E-state index contributed by atoms with van der Waals surface area (Å²) in [6, 6.07) is 2.31. The van der Waals surface area contributed by atoms with E-state index in [-0.39, 0.29) is 17.8 Å². The molecule has 0 radical (unpaired) electrons. The van der Waals surface area contributed by atoms with Gasteiger partial charge in [-0.1, -0.05) is 6.42 Å². The van der Waals surface area contributed by atoms with Gasteiger partial charge < -0.3 is 15.0 Å². The van der Waals surface area contributed by atoms with Crippen molar-refractivity contribution in [2.75, 3.05) is 31.6 Å². The number of amides is 1. The lowest BCUT2D eigenvalue weighted by Crippen LogP contribution is -2.38. The van der Waals surface area contributed by atoms with Crippen LogP contribution in [0.2, 0.25) is 0 Å². The van der Waals surface area contributed by atoms with E-state index >= 15 is 0 Å². The van der Waals surface area contributed by atoms with Crippen molar-refractivity contribution in [3.63, 3.8) is 0 Å². The standard InChI is InChI=1S/C21H29N3O3S/c1-2-27-21(26)15-8-11-24(12-9-15)13-10-19(25)23-20-17(14-22)16-6-4-3-5-7-18(16)28-20/h15H,2-13H2,1H3,(H,23,25). The molecule has 1 aromatic heterocycles. The molecular weight excluding hydrogens is 374 g/mol. The van der Waals surface area contributed by atoms with E-state index in [0.29, 0.717) is 25.1 Å². The van der Waals surface area contributed by atoms with Gasteiger partial charge in [-0.2, -0.15) is 5.26 Å². The van der Waals surface area contributed by atoms with E-state index in [9.17, 15) is 14.9 Å². The number of ether oxygens (including phenoxy) is 1. The van der Waals surface area contributed by atoms with Gasteiger partial charge in [0.1, 0.15) is 11.1 Å². The third-order valence-electron chi connectivity index (χ3n) is 5.65. The first-order valence-corrected chi connectivity index (χ1v) is 11.2. The number of fused-ring (bicyclic) bond motifs is 1. The number of likely N-dealkylation sites (tertiary alicyclic amines) is 1. The van der Waals surface area contributed by atoms with Gasteiger partial charge >= 0.3 is 5.97 Å². The van der Waals surface area contributed by atoms with Crippen molar-refractivity contribution in [3.8, 4) is 6.07 Å². The summed E-state index contributed by atoms with van der Waals surface area (Å²) in [6.07, 6.45) is 7.42. The fourth-order valence-corrected chi connectivity index (χ4v) is 5.31. The van der Waals surface area contributed by atoms with E-state index in [2.05, 4.69) is 16.3 Å². The highest BCUT2D eigenvalue weighted by atomic mass is 32.1. The number of esters is 1. The van der Waals surface area contributed by atoms with Crippen LogP contribution in [0.4, 0.5) is 5.00 Å². The van der Waals surface area contributed by atoms with Crippen LogP contribution in [0.15, 0.2) is 0 Å². The highest BCUT2D eigenvalue weighted by molar-refractivity contribution is 7.16. The molecule has 152 valence electrons. The number of hydrogen-bond acceptors (Lipinski definition) is 6. The second-order valence-electron chi connectivity index (χ2n) is 7.55. The number of thiophene rings is 1. The lowest BCUT2D eigenvalue weighted by atomic mass is 9.97. The molecule has 2 aliphatic rings. The number of carbonyl (C=O) groups is 2. The van der Waals surface area contributed by atoms with Crippen molar-refractivity contribution in [2.24, 2.45) is 5.92 Å². The van der Waals surface area contributed by atoms with E-state index in [0.717, 1.165) is 62.2 Å². The Hall–Kier alpha value is -1.91. The first kappa shape index (κ1) is 20.8. The topological polar surface area (TPSA) is 82.4 Å². The summed E-state index contributed by atoms with van der Waals surface area (Å²) < 4.78 is 5.10. The van der Waals surface area contributed by atoms with Crippen LogP contribution in [0, 0.1) is 17.2 Å². The molecule has 2 heterocycles. The molecule has 0 bridgehead atoms. The summed E-state index contributed by atoms with van der Waals surface area (Å²) in [5, 5.41) is 13.3. The van der Waals surface area contributed by atoms with Crippen LogP contribution in [-0.2, 0) is 27.2 Å². The number of nitrogens with zero attached hydrogens (tertiary/aromatic N) is 2. The van der Waals surface area contributed by atoms with Crippen molar-refractivity contribution in [2.45, 2.75) is 58.3 Å². The van der Waals surface area contributed by atoms with Gasteiger partial charge in [-0.15, -0.1) is 11.3 Å². The first-order chi connectivity index (χ1) is 13.6. The SMILES string of the molecule is CCOC(=O)C1CCN(CCC(=O)Nc2sc3c(c2C#N)CCCCC3)CC1. The summed E-state index contributed by atoms with van der Waals surface area (Å²) in [7, 11) is 0. The van der Waals surface area contributed by atoms with Crippen LogP contribution in [0.5, 0.6) is 0 Å². The van der Waals surface area contributed by atoms with Crippen molar-refractivity contribution in [3.05, 3.63) is 16.0 Å². The molecule has 0 spiro atoms. The Morgan fingerprint density at radius 2 is 2.00 bits per heavy atom. The zero-order chi connectivity index (χ0) is 19.9. The average molecular weight is 404 g/mol. The van der Waals surface area contributed by atoms with Crippen LogP contribution in [-0.4, -0.2) is 43.0 Å². The Bertz CT molecular complexity index is 745. The van der Waals surface area contributed by atoms with E-state index in [1.165, 1.54) is 11.3 Å². The summed E-state index contributed by atoms with van der Waals surface area (Å²) in [6.45, 7) is 4.56. The second-order valence-corrected chi connectivity index (χ2v) is 8.65. The van der Waals surface area contributed by atoms with E-state index in [1.54, 1.807) is 11.3 Å². The molecule has 0 unspecified atom stereocenters. The molecule has 1 amide bonds. The molecular formula is C21H29N3O3S. The predicted octanol–water partition coefficient (Wildman–Crippen LogP) is 3.49. The van der Waals surface area contributed by atoms with Gasteiger partial charge in [0.05, 0.1) is 18.1 Å². The lowest BCUT2D eigenvalue weighted by Gasteiger charge is -2.30. The van der Waals surface area contributed by atoms with Gasteiger partial charge in [0, 0.05) is 17.8 Å². The maximum Gasteiger partial charge on any atom is 0.309 e. The minimum atomic E-state index is -0.0959. The zero-order valence-electron chi connectivity index (χ0n) is 16.6. The Morgan fingerprint density at radius 1 is 1.25 bits per heavy atom. The van der Waals surface area contributed by atoms with Crippen LogP contribution >= 0.6 is 11.3 Å². The quantitative estimate of drug-likeness (QED) is 0.581. The molecule has 7 heteroatoms. The van der Waals surface area contributed by atoms with Crippen LogP contribution in [0.25, 0.3) is 0 Å². The summed E-state index contributed by atoms with van der Waals surface area (Å²) in [5.74, 6) is -0.147. The molecule has 1 fully saturated rings. The predicted molar refractivity (Wildman–Crippen MR) is 109 cm³/mol. The number of nitriles is 1. The number of hydrogen-bond donors (Lipinski definition) is 1. The van der Waals surface area contributed by atoms with E-state index in [4.69, 9.17) is 4.74 Å². The maximum absolute atomic E-state index is 12.4. The Kier molecular flexibility index (Phi) is 7.46. The Balaban J connectivity index is 1.48. The molecule has 0 atom stereocenters. The van der Waals surface area contributed by atoms with Crippen molar-refractivity contribution in [1.82, 2.24) is 4.90 Å². The minimum Gasteiger partial charge on any atom is -0.466 e. The molecule has 1 saturated heterocycles. The second kappa shape index (κ2) is 10.0. The summed E-state index contributed by atoms with van der Waals surface area (Å²) in [5.41, 5.74) is 1.83. The molecule has 0 saturated carbocycles. The van der Waals surface area contributed by atoms with E-state index in [1.807, 2.05) is 6.92 Å². The molecule has 28 heavy (non-hydrogen) atoms. The van der Waals surface area contributed by atoms with Gasteiger partial charge in [-0.25, -0.2) is 0 Å². The van der Waals surface area contributed by atoms with E-state index < -0.39 is 0 Å². The molecule has 3 rings (SSSR count). The van der Waals surface area contributed by atoms with Crippen LogP contribution in [0.1, 0.15) is 61.5 Å². The number of anilines is 1. The maximum atomic E-state index is 12.4. The number of piperidine rings is 1. The smallest absolute Gasteiger partial charge is 0.309 e. The van der Waals surface area contributed by atoms with Gasteiger partial charge in [0.2, 0.25) is 5.91 Å². The molecule has 6 nitrogen and oxygen atoms in total. The van der Waals surface area contributed by atoms with Gasteiger partial charge in [-0.05, 0) is 64.1 Å². The van der Waals surface area contributed by atoms with Crippen LogP contribution in [0.3, 0.4) is 0 Å². The Morgan fingerprint density at radius 3 is 2.71 bits per heavy atom. The number of rotatable bonds is 6. The van der Waals surface area contributed by atoms with Gasteiger partial charge in [0.25, 0.3) is 0 Å². The lowest BCUT2D eigenvalue weighted by molar-refractivity contribution is -0.149. The molecule has 1 aliphatic heterocycles. The normalized spacial score (nSPS) is 18.0. The molecule has 1 aliphatic carbocycles. The monoisotopic (exact) mass is 403 g/mol. The number of nitrogens with one attached hydrogen (secondary N) is 1. The van der Waals surface area contributed by atoms with Crippen molar-refractivity contribution >= 4 is 28.2 Å². The molecule has 1 aromatic rings. The largest absolute Gasteiger partial charge is 0.466 e. The van der Waals surface area contributed by atoms with Crippen molar-refractivity contribution < 1.29 is 14.3 Å². The minimum absolute atomic E-state index is 0.00951. The first-order valence-electron chi connectivity index (χ1n) is 10.4. The highest BCUT2D eigenvalue weighted by Crippen LogP contribution is 2.37. The third-order valence-corrected chi connectivity index (χ3v) is 6.86. The van der Waals surface area contributed by atoms with Gasteiger partial charge in [-0.3, -0.25) is 9.59 Å². The van der Waals surface area contributed by atoms with Gasteiger partial charge in [0.15, 0.2) is 0 Å². The summed E-state index contributed by atoms with van der Waals surface area (Å²) in [4.78, 5) is 27.8. The number of carbonyl (C=O) groups excluding carboxylic acids is 2. The Labute approximate surface area is 170 Å². The fourth-order valence-electron chi connectivity index (χ4n) is 4.05. The van der Waals surface area contributed by atoms with Crippen molar-refractivity contribution in [1.29, 1.82) is 5.26 Å². The molecule has 1 N–H and O–H groups in total. The number of aryl methyl sites for hydroxylation is 1.